The summed E-state index contributed by atoms with van der Waals surface area (Å²) in [5, 5.41) is 0. The van der Waals surface area contributed by atoms with E-state index in [-0.39, 0.29) is 0 Å². The summed E-state index contributed by atoms with van der Waals surface area (Å²) in [6.07, 6.45) is 37.0. The highest BCUT2D eigenvalue weighted by molar-refractivity contribution is 4.51. The molecule has 410 valence electrons. The summed E-state index contributed by atoms with van der Waals surface area (Å²) in [4.78, 5) is 0. The fourth-order valence-corrected chi connectivity index (χ4v) is 7.36. The lowest BCUT2D eigenvalue weighted by Gasteiger charge is -2.09. The first-order chi connectivity index (χ1) is 33.9. The monoisotopic (exact) mass is 981 g/mol. The molecule has 0 aromatic rings. The summed E-state index contributed by atoms with van der Waals surface area (Å²) in [6.45, 7) is 19.5. The van der Waals surface area contributed by atoms with Gasteiger partial charge >= 0.3 is 0 Å². The molecule has 0 aromatic carbocycles. The standard InChI is InChI=1S/C55H112O13/c1-3-5-7-9-11-13-15-17-19-21-23-25-27-29-31-57-33-35-59-37-39-61-41-43-63-45-47-65-49-51-67-53-55-68-54-52-66-50-48-64-46-44-62-42-40-60-38-36-58-34-32-56-30-28-26-24-22-20-18-16-14-12-10-8-6-4-2/h3-55H2,1-2H3. The van der Waals surface area contributed by atoms with Gasteiger partial charge in [-0.05, 0) is 12.8 Å². The molecule has 0 unspecified atom stereocenters. The fraction of sp³-hybridized carbons (Fsp3) is 1.00. The first-order valence-corrected chi connectivity index (χ1v) is 28.4. The Morgan fingerprint density at radius 2 is 0.221 bits per heavy atom. The van der Waals surface area contributed by atoms with E-state index in [1.54, 1.807) is 0 Å². The highest BCUT2D eigenvalue weighted by atomic mass is 16.6. The van der Waals surface area contributed by atoms with Gasteiger partial charge in [0, 0.05) is 13.2 Å². The number of unbranched alkanes of at least 4 members (excludes halogenated alkanes) is 25. The van der Waals surface area contributed by atoms with Crippen LogP contribution in [0.4, 0.5) is 0 Å². The van der Waals surface area contributed by atoms with E-state index in [0.29, 0.717) is 159 Å². The summed E-state index contributed by atoms with van der Waals surface area (Å²) < 4.78 is 72.5. The molecule has 0 spiro atoms. The lowest BCUT2D eigenvalue weighted by molar-refractivity contribution is -0.0290. The van der Waals surface area contributed by atoms with Gasteiger partial charge in [0.2, 0.25) is 0 Å². The third-order valence-corrected chi connectivity index (χ3v) is 11.5. The highest BCUT2D eigenvalue weighted by Gasteiger charge is 2.00. The lowest BCUT2D eigenvalue weighted by atomic mass is 10.0. The molecule has 0 saturated carbocycles. The molecule has 0 fully saturated rings. The third-order valence-electron chi connectivity index (χ3n) is 11.5. The quantitative estimate of drug-likeness (QED) is 0.0538. The van der Waals surface area contributed by atoms with E-state index in [9.17, 15) is 0 Å². The Labute approximate surface area is 419 Å². The maximum atomic E-state index is 5.70. The maximum Gasteiger partial charge on any atom is 0.0701 e. The van der Waals surface area contributed by atoms with E-state index < -0.39 is 0 Å². The molecule has 0 amide bonds. The van der Waals surface area contributed by atoms with Crippen molar-refractivity contribution in [2.45, 2.75) is 187 Å². The van der Waals surface area contributed by atoms with Crippen molar-refractivity contribution >= 4 is 0 Å². The van der Waals surface area contributed by atoms with Gasteiger partial charge in [-0.1, -0.05) is 174 Å². The van der Waals surface area contributed by atoms with Gasteiger partial charge < -0.3 is 61.6 Å². The molecule has 0 aliphatic carbocycles. The summed E-state index contributed by atoms with van der Waals surface area (Å²) in [7, 11) is 0. The molecule has 13 heteroatoms. The second-order valence-electron chi connectivity index (χ2n) is 17.8. The van der Waals surface area contributed by atoms with Crippen molar-refractivity contribution in [3.8, 4) is 0 Å². The third kappa shape index (κ3) is 65.5. The normalized spacial score (nSPS) is 11.7. The Kier molecular flexibility index (Phi) is 66.0. The number of hydrogen-bond donors (Lipinski definition) is 0. The Hall–Kier alpha value is -0.520. The molecule has 0 atom stereocenters. The van der Waals surface area contributed by atoms with Crippen LogP contribution in [0.5, 0.6) is 0 Å². The molecule has 0 bridgehead atoms. The highest BCUT2D eigenvalue weighted by Crippen LogP contribution is 2.14. The van der Waals surface area contributed by atoms with E-state index >= 15 is 0 Å². The van der Waals surface area contributed by atoms with E-state index in [2.05, 4.69) is 13.8 Å². The van der Waals surface area contributed by atoms with E-state index in [1.807, 2.05) is 0 Å². The average Bonchev–Trinajstić information content (AvgIpc) is 3.35. The van der Waals surface area contributed by atoms with Crippen molar-refractivity contribution in [1.29, 1.82) is 0 Å². The molecular formula is C55H112O13. The molecule has 0 aliphatic rings. The van der Waals surface area contributed by atoms with Crippen LogP contribution in [0.1, 0.15) is 187 Å². The van der Waals surface area contributed by atoms with Gasteiger partial charge in [-0.3, -0.25) is 0 Å². The SMILES string of the molecule is CCCCCCCCCCCCCCCCOCCOCCOCCOCCOCCOCCOCCOCCOCCOCCOCCOCCOCCCCCCCCCCCCCCC. The summed E-state index contributed by atoms with van der Waals surface area (Å²) >= 11 is 0. The topological polar surface area (TPSA) is 120 Å². The van der Waals surface area contributed by atoms with Crippen molar-refractivity contribution in [1.82, 2.24) is 0 Å². The number of rotatable bonds is 65. The molecular weight excluding hydrogens is 869 g/mol. The van der Waals surface area contributed by atoms with Crippen LogP contribution in [-0.2, 0) is 61.6 Å². The van der Waals surface area contributed by atoms with Gasteiger partial charge in [-0.15, -0.1) is 0 Å². The van der Waals surface area contributed by atoms with Gasteiger partial charge in [0.25, 0.3) is 0 Å². The molecule has 0 radical (unpaired) electrons. The van der Waals surface area contributed by atoms with Gasteiger partial charge in [-0.2, -0.15) is 0 Å². The van der Waals surface area contributed by atoms with Crippen molar-refractivity contribution in [2.24, 2.45) is 0 Å². The number of hydrogen-bond acceptors (Lipinski definition) is 13. The molecule has 0 N–H and O–H groups in total. The largest absolute Gasteiger partial charge is 0.379 e. The molecule has 0 saturated heterocycles. The first-order valence-electron chi connectivity index (χ1n) is 28.4. The van der Waals surface area contributed by atoms with Gasteiger partial charge in [0.05, 0.1) is 159 Å². The van der Waals surface area contributed by atoms with Crippen LogP contribution < -0.4 is 0 Å². The molecule has 0 aliphatic heterocycles. The minimum Gasteiger partial charge on any atom is -0.379 e. The minimum absolute atomic E-state index is 0.518. The van der Waals surface area contributed by atoms with Gasteiger partial charge in [0.1, 0.15) is 0 Å². The van der Waals surface area contributed by atoms with Crippen molar-refractivity contribution in [3.05, 3.63) is 0 Å². The lowest BCUT2D eigenvalue weighted by Crippen LogP contribution is -2.15. The predicted molar refractivity (Wildman–Crippen MR) is 277 cm³/mol. The smallest absolute Gasteiger partial charge is 0.0701 e. The maximum absolute atomic E-state index is 5.70. The minimum atomic E-state index is 0.518. The Bertz CT molecular complexity index is 780. The van der Waals surface area contributed by atoms with E-state index in [4.69, 9.17) is 61.6 Å². The number of ether oxygens (including phenoxy) is 13. The van der Waals surface area contributed by atoms with Crippen LogP contribution in [0.3, 0.4) is 0 Å². The van der Waals surface area contributed by atoms with Crippen LogP contribution in [-0.4, -0.2) is 172 Å². The zero-order valence-corrected chi connectivity index (χ0v) is 44.8. The van der Waals surface area contributed by atoms with Crippen LogP contribution >= 0.6 is 0 Å². The predicted octanol–water partition coefficient (Wildman–Crippen LogP) is 11.8. The molecule has 13 nitrogen and oxygen atoms in total. The molecule has 68 heavy (non-hydrogen) atoms. The van der Waals surface area contributed by atoms with Gasteiger partial charge in [-0.25, -0.2) is 0 Å². The summed E-state index contributed by atoms with van der Waals surface area (Å²) in [5.41, 5.74) is 0. The van der Waals surface area contributed by atoms with Crippen LogP contribution in [0.15, 0.2) is 0 Å². The average molecular weight is 981 g/mol. The van der Waals surface area contributed by atoms with Gasteiger partial charge in [0.15, 0.2) is 0 Å². The first kappa shape index (κ1) is 67.5. The second-order valence-corrected chi connectivity index (χ2v) is 17.8. The van der Waals surface area contributed by atoms with Crippen LogP contribution in [0, 0.1) is 0 Å². The summed E-state index contributed by atoms with van der Waals surface area (Å²) in [6, 6.07) is 0. The Balaban J connectivity index is 3.07. The fourth-order valence-electron chi connectivity index (χ4n) is 7.36. The zero-order chi connectivity index (χ0) is 48.7. The van der Waals surface area contributed by atoms with Crippen LogP contribution in [0.25, 0.3) is 0 Å². The Morgan fingerprint density at radius 3 is 0.353 bits per heavy atom. The molecule has 0 heterocycles. The Morgan fingerprint density at radius 1 is 0.118 bits per heavy atom. The van der Waals surface area contributed by atoms with Crippen LogP contribution in [0.2, 0.25) is 0 Å². The molecule has 0 aromatic heterocycles. The molecule has 0 rings (SSSR count). The van der Waals surface area contributed by atoms with Crippen molar-refractivity contribution < 1.29 is 61.6 Å². The van der Waals surface area contributed by atoms with E-state index in [1.165, 1.54) is 161 Å². The van der Waals surface area contributed by atoms with E-state index in [0.717, 1.165) is 26.1 Å². The summed E-state index contributed by atoms with van der Waals surface area (Å²) in [5.74, 6) is 0. The van der Waals surface area contributed by atoms with Crippen molar-refractivity contribution in [3.63, 3.8) is 0 Å². The van der Waals surface area contributed by atoms with Crippen molar-refractivity contribution in [2.75, 3.05) is 172 Å². The zero-order valence-electron chi connectivity index (χ0n) is 44.8. The second kappa shape index (κ2) is 66.5.